The topological polar surface area (TPSA) is 40.2 Å². The molecule has 1 aromatic heterocycles. The molecule has 2 aromatic rings. The van der Waals surface area contributed by atoms with E-state index >= 15 is 0 Å². The third-order valence-electron chi connectivity index (χ3n) is 2.33. The fourth-order valence-corrected chi connectivity index (χ4v) is 1.69. The zero-order valence-electron chi connectivity index (χ0n) is 7.49. The summed E-state index contributed by atoms with van der Waals surface area (Å²) in [4.78, 5) is 3.33. The Morgan fingerprint density at radius 2 is 2.07 bits per heavy atom. The van der Waals surface area contributed by atoms with E-state index in [0.717, 1.165) is 16.9 Å². The van der Waals surface area contributed by atoms with Crippen molar-refractivity contribution in [3.8, 4) is 0 Å². The number of aromatic nitrogens is 1. The van der Waals surface area contributed by atoms with Crippen molar-refractivity contribution in [2.75, 3.05) is 5.43 Å². The van der Waals surface area contributed by atoms with Crippen molar-refractivity contribution in [2.45, 2.75) is 0 Å². The van der Waals surface area contributed by atoms with Gasteiger partial charge in [0.15, 0.2) is 0 Å². The molecule has 0 saturated heterocycles. The fourth-order valence-electron chi connectivity index (χ4n) is 1.69. The standard InChI is InChI=1S/C11H9N3/c1-2-5-9-8(4-1)11-10(13-9)6-3-7-12-14-11/h1-7,13-14H. The van der Waals surface area contributed by atoms with E-state index in [-0.39, 0.29) is 0 Å². The number of hydrogen-bond acceptors (Lipinski definition) is 2. The smallest absolute Gasteiger partial charge is 0.0889 e. The lowest BCUT2D eigenvalue weighted by molar-refractivity contribution is 1.35. The maximum Gasteiger partial charge on any atom is 0.0889 e. The van der Waals surface area contributed by atoms with E-state index in [9.17, 15) is 0 Å². The number of fused-ring (bicyclic) bond motifs is 3. The number of H-pyrrole nitrogens is 1. The third-order valence-corrected chi connectivity index (χ3v) is 2.33. The van der Waals surface area contributed by atoms with E-state index < -0.39 is 0 Å². The Balaban J connectivity index is 2.37. The molecule has 0 amide bonds. The molecule has 0 fully saturated rings. The van der Waals surface area contributed by atoms with Gasteiger partial charge in [-0.05, 0) is 18.2 Å². The minimum Gasteiger partial charge on any atom is -0.353 e. The first-order valence-electron chi connectivity index (χ1n) is 4.51. The second-order valence-corrected chi connectivity index (χ2v) is 3.21. The van der Waals surface area contributed by atoms with Crippen molar-refractivity contribution in [2.24, 2.45) is 5.10 Å². The summed E-state index contributed by atoms with van der Waals surface area (Å²) >= 11 is 0. The van der Waals surface area contributed by atoms with Gasteiger partial charge in [0.1, 0.15) is 0 Å². The molecule has 2 heterocycles. The van der Waals surface area contributed by atoms with Crippen LogP contribution >= 0.6 is 0 Å². The van der Waals surface area contributed by atoms with Crippen LogP contribution in [0.25, 0.3) is 17.0 Å². The predicted octanol–water partition coefficient (Wildman–Crippen LogP) is 2.59. The summed E-state index contributed by atoms with van der Waals surface area (Å²) in [6, 6.07) is 8.18. The molecule has 1 aromatic carbocycles. The highest BCUT2D eigenvalue weighted by atomic mass is 15.3. The predicted molar refractivity (Wildman–Crippen MR) is 59.4 cm³/mol. The van der Waals surface area contributed by atoms with E-state index in [1.807, 2.05) is 24.3 Å². The maximum atomic E-state index is 4.05. The minimum absolute atomic E-state index is 1.05. The molecule has 14 heavy (non-hydrogen) atoms. The molecule has 0 bridgehead atoms. The molecule has 0 radical (unpaired) electrons. The van der Waals surface area contributed by atoms with E-state index in [1.54, 1.807) is 6.21 Å². The maximum absolute atomic E-state index is 4.05. The normalized spacial score (nSPS) is 13.7. The van der Waals surface area contributed by atoms with Crippen LogP contribution in [-0.2, 0) is 0 Å². The molecule has 1 aliphatic rings. The summed E-state index contributed by atoms with van der Waals surface area (Å²) in [5, 5.41) is 5.23. The molecule has 1 aliphatic heterocycles. The highest BCUT2D eigenvalue weighted by Crippen LogP contribution is 2.28. The Morgan fingerprint density at radius 3 is 3.07 bits per heavy atom. The van der Waals surface area contributed by atoms with Crippen LogP contribution in [0, 0.1) is 0 Å². The molecule has 3 heteroatoms. The van der Waals surface area contributed by atoms with Gasteiger partial charge in [-0.25, -0.2) is 0 Å². The number of nitrogens with one attached hydrogen (secondary N) is 2. The lowest BCUT2D eigenvalue weighted by Crippen LogP contribution is -1.86. The number of hydrogen-bond donors (Lipinski definition) is 2. The zero-order chi connectivity index (χ0) is 9.38. The molecule has 2 N–H and O–H groups in total. The molecule has 0 unspecified atom stereocenters. The van der Waals surface area contributed by atoms with E-state index in [0.29, 0.717) is 0 Å². The molecular weight excluding hydrogens is 174 g/mol. The number of aromatic amines is 1. The third kappa shape index (κ3) is 0.956. The van der Waals surface area contributed by atoms with Gasteiger partial charge in [0.05, 0.1) is 11.4 Å². The molecule has 3 nitrogen and oxygen atoms in total. The monoisotopic (exact) mass is 183 g/mol. The van der Waals surface area contributed by atoms with Gasteiger partial charge in [-0.2, -0.15) is 5.10 Å². The summed E-state index contributed by atoms with van der Waals surface area (Å²) in [6.07, 6.45) is 5.66. The number of nitrogens with zero attached hydrogens (tertiary/aromatic N) is 1. The van der Waals surface area contributed by atoms with Gasteiger partial charge in [0, 0.05) is 17.1 Å². The number of rotatable bonds is 0. The number of anilines is 1. The van der Waals surface area contributed by atoms with Crippen molar-refractivity contribution >= 4 is 28.9 Å². The summed E-state index contributed by atoms with van der Waals surface area (Å²) in [5.74, 6) is 0. The van der Waals surface area contributed by atoms with Crippen LogP contribution in [0.5, 0.6) is 0 Å². The van der Waals surface area contributed by atoms with Crippen LogP contribution in [0.3, 0.4) is 0 Å². The first-order chi connectivity index (χ1) is 6.95. The number of para-hydroxylation sites is 1. The Hall–Kier alpha value is -2.03. The number of benzene rings is 1. The highest BCUT2D eigenvalue weighted by Gasteiger charge is 2.08. The van der Waals surface area contributed by atoms with Crippen molar-refractivity contribution in [1.82, 2.24) is 4.98 Å². The van der Waals surface area contributed by atoms with Crippen molar-refractivity contribution in [1.29, 1.82) is 0 Å². The molecular formula is C11H9N3. The summed E-state index contributed by atoms with van der Waals surface area (Å²) in [5.41, 5.74) is 6.27. The Labute approximate surface area is 81.1 Å². The van der Waals surface area contributed by atoms with Crippen LogP contribution in [-0.4, -0.2) is 11.2 Å². The van der Waals surface area contributed by atoms with Crippen molar-refractivity contribution in [3.05, 3.63) is 36.0 Å². The summed E-state index contributed by atoms with van der Waals surface area (Å²) in [6.45, 7) is 0. The minimum atomic E-state index is 1.05. The lowest BCUT2D eigenvalue weighted by Gasteiger charge is -1.96. The van der Waals surface area contributed by atoms with Crippen LogP contribution in [0.2, 0.25) is 0 Å². The van der Waals surface area contributed by atoms with Crippen molar-refractivity contribution < 1.29 is 0 Å². The molecule has 3 rings (SSSR count). The molecule has 0 saturated carbocycles. The van der Waals surface area contributed by atoms with Gasteiger partial charge in [-0.3, -0.25) is 5.43 Å². The number of hydrazone groups is 1. The van der Waals surface area contributed by atoms with Crippen LogP contribution in [0.4, 0.5) is 5.69 Å². The van der Waals surface area contributed by atoms with Gasteiger partial charge in [-0.15, -0.1) is 0 Å². The molecule has 0 aliphatic carbocycles. The Morgan fingerprint density at radius 1 is 1.14 bits per heavy atom. The van der Waals surface area contributed by atoms with Gasteiger partial charge in [-0.1, -0.05) is 18.2 Å². The average Bonchev–Trinajstić information content (AvgIpc) is 2.42. The van der Waals surface area contributed by atoms with E-state index in [2.05, 4.69) is 27.6 Å². The number of allylic oxidation sites excluding steroid dienone is 1. The van der Waals surface area contributed by atoms with E-state index in [1.165, 1.54) is 5.39 Å². The van der Waals surface area contributed by atoms with E-state index in [4.69, 9.17) is 0 Å². The molecule has 0 spiro atoms. The fraction of sp³-hybridized carbons (Fsp3) is 0. The second kappa shape index (κ2) is 2.73. The summed E-state index contributed by atoms with van der Waals surface area (Å²) in [7, 11) is 0. The second-order valence-electron chi connectivity index (χ2n) is 3.21. The molecule has 68 valence electrons. The SMILES string of the molecule is C1=Cc2[nH]c3ccccc3c2NN=C1. The van der Waals surface area contributed by atoms with Crippen LogP contribution < -0.4 is 5.43 Å². The Kier molecular flexibility index (Phi) is 1.44. The average molecular weight is 183 g/mol. The summed E-state index contributed by atoms with van der Waals surface area (Å²) < 4.78 is 0. The lowest BCUT2D eigenvalue weighted by atomic mass is 10.2. The first kappa shape index (κ1) is 7.38. The first-order valence-corrected chi connectivity index (χ1v) is 4.51. The molecule has 0 atom stereocenters. The highest BCUT2D eigenvalue weighted by molar-refractivity contribution is 5.99. The van der Waals surface area contributed by atoms with Crippen molar-refractivity contribution in [3.63, 3.8) is 0 Å². The zero-order valence-corrected chi connectivity index (χ0v) is 7.49. The van der Waals surface area contributed by atoms with Crippen LogP contribution in [0.15, 0.2) is 35.4 Å². The Bertz CT molecular complexity index is 534. The van der Waals surface area contributed by atoms with Crippen LogP contribution in [0.1, 0.15) is 5.69 Å². The van der Waals surface area contributed by atoms with Gasteiger partial charge in [0.2, 0.25) is 0 Å². The van der Waals surface area contributed by atoms with Gasteiger partial charge >= 0.3 is 0 Å². The quantitative estimate of drug-likeness (QED) is 0.647. The van der Waals surface area contributed by atoms with Gasteiger partial charge < -0.3 is 4.98 Å². The van der Waals surface area contributed by atoms with Gasteiger partial charge in [0.25, 0.3) is 0 Å². The largest absolute Gasteiger partial charge is 0.353 e.